The third-order valence-corrected chi connectivity index (χ3v) is 3.96. The summed E-state index contributed by atoms with van der Waals surface area (Å²) in [5, 5.41) is 0. The zero-order chi connectivity index (χ0) is 14.8. The largest absolute Gasteiger partial charge is 0.398 e. The van der Waals surface area contributed by atoms with Gasteiger partial charge in [-0.2, -0.15) is 4.72 Å². The Hall–Kier alpha value is -2.13. The number of nitrogens with one attached hydrogen (secondary N) is 1. The van der Waals surface area contributed by atoms with Crippen molar-refractivity contribution in [2.24, 2.45) is 11.5 Å². The van der Waals surface area contributed by atoms with E-state index in [0.717, 1.165) is 12.1 Å². The number of anilines is 1. The third-order valence-electron chi connectivity index (χ3n) is 2.34. The van der Waals surface area contributed by atoms with Crippen LogP contribution in [0.1, 0.15) is 17.3 Å². The molecule has 0 aliphatic heterocycles. The monoisotopic (exact) mass is 286 g/mol. The van der Waals surface area contributed by atoms with Crippen LogP contribution in [0, 0.1) is 0 Å². The van der Waals surface area contributed by atoms with Crippen molar-refractivity contribution in [3.8, 4) is 0 Å². The van der Waals surface area contributed by atoms with Gasteiger partial charge in [0.15, 0.2) is 0 Å². The first-order valence-corrected chi connectivity index (χ1v) is 6.64. The lowest BCUT2D eigenvalue weighted by atomic mass is 10.2. The molecule has 0 spiro atoms. The maximum absolute atomic E-state index is 11.9. The van der Waals surface area contributed by atoms with Gasteiger partial charge >= 0.3 is 0 Å². The Morgan fingerprint density at radius 3 is 2.26 bits per heavy atom. The minimum atomic E-state index is -4.01. The molecule has 0 fully saturated rings. The number of carbonyl (C=O) groups is 2. The van der Waals surface area contributed by atoms with Gasteiger partial charge in [0.2, 0.25) is 21.8 Å². The van der Waals surface area contributed by atoms with Crippen LogP contribution in [0.4, 0.5) is 5.69 Å². The van der Waals surface area contributed by atoms with Gasteiger partial charge in [-0.3, -0.25) is 9.59 Å². The van der Waals surface area contributed by atoms with E-state index in [9.17, 15) is 18.0 Å². The fourth-order valence-electron chi connectivity index (χ4n) is 1.30. The Morgan fingerprint density at radius 1 is 1.26 bits per heavy atom. The maximum Gasteiger partial charge on any atom is 0.248 e. The molecule has 0 bridgehead atoms. The fourth-order valence-corrected chi connectivity index (χ4v) is 2.63. The highest BCUT2D eigenvalue weighted by Crippen LogP contribution is 2.19. The van der Waals surface area contributed by atoms with Crippen molar-refractivity contribution in [2.75, 3.05) is 5.73 Å². The highest BCUT2D eigenvalue weighted by molar-refractivity contribution is 7.89. The molecular weight excluding hydrogens is 272 g/mol. The van der Waals surface area contributed by atoms with Crippen molar-refractivity contribution in [1.82, 2.24) is 4.72 Å². The van der Waals surface area contributed by atoms with Gasteiger partial charge in [-0.15, -0.1) is 0 Å². The van der Waals surface area contributed by atoms with Gasteiger partial charge in [-0.05, 0) is 25.1 Å². The Balaban J connectivity index is 3.16. The van der Waals surface area contributed by atoms with Crippen LogP contribution in [-0.2, 0) is 14.8 Å². The van der Waals surface area contributed by atoms with E-state index in [1.165, 1.54) is 13.0 Å². The van der Waals surface area contributed by atoms with Gasteiger partial charge in [0.1, 0.15) is 4.90 Å². The Kier molecular flexibility index (Phi) is 4.12. The molecule has 1 aromatic rings. The predicted octanol–water partition coefficient (Wildman–Crippen LogP) is -1.48. The summed E-state index contributed by atoms with van der Waals surface area (Å²) in [4.78, 5) is 21.5. The van der Waals surface area contributed by atoms with Crippen LogP contribution in [0.3, 0.4) is 0 Å². The van der Waals surface area contributed by atoms with Gasteiger partial charge in [-0.1, -0.05) is 0 Å². The maximum atomic E-state index is 11.9. The van der Waals surface area contributed by atoms with Crippen molar-refractivity contribution >= 4 is 27.5 Å². The van der Waals surface area contributed by atoms with E-state index >= 15 is 0 Å². The molecule has 0 radical (unpaired) electrons. The summed E-state index contributed by atoms with van der Waals surface area (Å²) < 4.78 is 25.9. The number of hydrogen-bond donors (Lipinski definition) is 4. The van der Waals surface area contributed by atoms with Crippen LogP contribution < -0.4 is 21.9 Å². The van der Waals surface area contributed by atoms with E-state index in [0.29, 0.717) is 0 Å². The topological polar surface area (TPSA) is 158 Å². The van der Waals surface area contributed by atoms with Crippen LogP contribution in [0.25, 0.3) is 0 Å². The summed E-state index contributed by atoms with van der Waals surface area (Å²) in [7, 11) is -4.01. The first kappa shape index (κ1) is 14.9. The smallest absolute Gasteiger partial charge is 0.248 e. The molecule has 1 rings (SSSR count). The van der Waals surface area contributed by atoms with Crippen molar-refractivity contribution in [2.45, 2.75) is 17.9 Å². The summed E-state index contributed by atoms with van der Waals surface area (Å²) in [6.07, 6.45) is 0. The van der Waals surface area contributed by atoms with Gasteiger partial charge < -0.3 is 17.2 Å². The van der Waals surface area contributed by atoms with E-state index in [1.807, 2.05) is 0 Å². The number of nitrogens with two attached hydrogens (primary N) is 3. The molecule has 19 heavy (non-hydrogen) atoms. The first-order chi connectivity index (χ1) is 8.65. The lowest BCUT2D eigenvalue weighted by Gasteiger charge is -2.12. The molecule has 0 saturated carbocycles. The first-order valence-electron chi connectivity index (χ1n) is 5.16. The molecule has 8 nitrogen and oxygen atoms in total. The second-order valence-electron chi connectivity index (χ2n) is 3.86. The molecule has 0 saturated heterocycles. The number of carbonyl (C=O) groups excluding carboxylic acids is 2. The zero-order valence-corrected chi connectivity index (χ0v) is 10.9. The summed E-state index contributed by atoms with van der Waals surface area (Å²) in [6, 6.07) is 2.42. The average Bonchev–Trinajstić information content (AvgIpc) is 2.27. The number of hydrogen-bond acceptors (Lipinski definition) is 5. The van der Waals surface area contributed by atoms with E-state index in [2.05, 4.69) is 4.72 Å². The van der Waals surface area contributed by atoms with Gasteiger partial charge in [0.25, 0.3) is 0 Å². The Morgan fingerprint density at radius 2 is 1.84 bits per heavy atom. The molecule has 7 N–H and O–H groups in total. The van der Waals surface area contributed by atoms with Crippen molar-refractivity contribution in [1.29, 1.82) is 0 Å². The number of nitrogen functional groups attached to an aromatic ring is 1. The minimum absolute atomic E-state index is 0.0828. The molecule has 9 heteroatoms. The summed E-state index contributed by atoms with van der Waals surface area (Å²) in [5.41, 5.74) is 15.5. The fraction of sp³-hybridized carbons (Fsp3) is 0.200. The highest BCUT2D eigenvalue weighted by Gasteiger charge is 2.22. The zero-order valence-electron chi connectivity index (χ0n) is 10.1. The van der Waals surface area contributed by atoms with E-state index in [-0.39, 0.29) is 16.1 Å². The van der Waals surface area contributed by atoms with E-state index in [1.54, 1.807) is 0 Å². The SMILES string of the molecule is CC(NS(=O)(=O)c1ccc(C(N)=O)cc1N)C(N)=O. The Labute approximate surface area is 110 Å². The molecule has 0 aliphatic carbocycles. The summed E-state index contributed by atoms with van der Waals surface area (Å²) in [5.74, 6) is -1.55. The van der Waals surface area contributed by atoms with Crippen molar-refractivity contribution < 1.29 is 18.0 Å². The third kappa shape index (κ3) is 3.42. The van der Waals surface area contributed by atoms with Gasteiger partial charge in [0.05, 0.1) is 11.7 Å². The van der Waals surface area contributed by atoms with Gasteiger partial charge in [-0.25, -0.2) is 8.42 Å². The molecule has 0 aliphatic rings. The second kappa shape index (κ2) is 5.24. The lowest BCUT2D eigenvalue weighted by molar-refractivity contribution is -0.119. The quantitative estimate of drug-likeness (QED) is 0.485. The number of benzene rings is 1. The van der Waals surface area contributed by atoms with Crippen molar-refractivity contribution in [3.63, 3.8) is 0 Å². The van der Waals surface area contributed by atoms with E-state index in [4.69, 9.17) is 17.2 Å². The van der Waals surface area contributed by atoms with Crippen molar-refractivity contribution in [3.05, 3.63) is 23.8 Å². The summed E-state index contributed by atoms with van der Waals surface area (Å²) >= 11 is 0. The van der Waals surface area contributed by atoms with Crippen LogP contribution in [0.15, 0.2) is 23.1 Å². The molecule has 0 heterocycles. The summed E-state index contributed by atoms with van der Waals surface area (Å²) in [6.45, 7) is 1.30. The number of amides is 2. The van der Waals surface area contributed by atoms with Crippen LogP contribution in [-0.4, -0.2) is 26.3 Å². The molecule has 0 aromatic heterocycles. The lowest BCUT2D eigenvalue weighted by Crippen LogP contribution is -2.42. The molecule has 1 unspecified atom stereocenters. The normalized spacial score (nSPS) is 12.9. The number of primary amides is 2. The van der Waals surface area contributed by atoms with Crippen LogP contribution >= 0.6 is 0 Å². The Bertz CT molecular complexity index is 626. The molecule has 2 amide bonds. The molecule has 1 atom stereocenters. The molecule has 104 valence electrons. The average molecular weight is 286 g/mol. The molecular formula is C10H14N4O4S. The van der Waals surface area contributed by atoms with Crippen LogP contribution in [0.5, 0.6) is 0 Å². The predicted molar refractivity (Wildman–Crippen MR) is 68.4 cm³/mol. The standard InChI is InChI=1S/C10H14N4O4S/c1-5(9(12)15)14-19(17,18)8-3-2-6(10(13)16)4-7(8)11/h2-5,14H,11H2,1H3,(H2,12,15)(H2,13,16). The van der Waals surface area contributed by atoms with Gasteiger partial charge in [0, 0.05) is 5.56 Å². The highest BCUT2D eigenvalue weighted by atomic mass is 32.2. The minimum Gasteiger partial charge on any atom is -0.398 e. The number of rotatable bonds is 5. The second-order valence-corrected chi connectivity index (χ2v) is 5.54. The van der Waals surface area contributed by atoms with Crippen LogP contribution in [0.2, 0.25) is 0 Å². The number of sulfonamides is 1. The van der Waals surface area contributed by atoms with E-state index < -0.39 is 27.9 Å². The molecule has 1 aromatic carbocycles.